The molecule has 3 atom stereocenters. The maximum Gasteiger partial charge on any atom is 0.416 e. The maximum atomic E-state index is 12.5. The SMILES string of the molecule is CCC1(C)C(O)CC1c1ccc(C(F)(F)F)cc1. The Hall–Kier alpha value is -1.03. The van der Waals surface area contributed by atoms with E-state index in [1.807, 2.05) is 13.8 Å². The maximum absolute atomic E-state index is 12.5. The summed E-state index contributed by atoms with van der Waals surface area (Å²) < 4.78 is 37.4. The smallest absolute Gasteiger partial charge is 0.393 e. The molecule has 18 heavy (non-hydrogen) atoms. The fourth-order valence-electron chi connectivity index (χ4n) is 2.74. The molecule has 0 radical (unpaired) electrons. The van der Waals surface area contributed by atoms with E-state index in [1.165, 1.54) is 12.1 Å². The van der Waals surface area contributed by atoms with Gasteiger partial charge in [-0.1, -0.05) is 26.0 Å². The van der Waals surface area contributed by atoms with Crippen molar-refractivity contribution in [1.82, 2.24) is 0 Å². The summed E-state index contributed by atoms with van der Waals surface area (Å²) in [5, 5.41) is 9.80. The summed E-state index contributed by atoms with van der Waals surface area (Å²) in [7, 11) is 0. The lowest BCUT2D eigenvalue weighted by molar-refractivity contribution is -0.137. The first kappa shape index (κ1) is 13.4. The van der Waals surface area contributed by atoms with Gasteiger partial charge in [0.1, 0.15) is 0 Å². The average Bonchev–Trinajstić information content (AvgIpc) is 2.34. The number of benzene rings is 1. The first-order valence-corrected chi connectivity index (χ1v) is 6.14. The van der Waals surface area contributed by atoms with Gasteiger partial charge in [-0.15, -0.1) is 0 Å². The van der Waals surface area contributed by atoms with Gasteiger partial charge < -0.3 is 5.11 Å². The van der Waals surface area contributed by atoms with Gasteiger partial charge in [0.2, 0.25) is 0 Å². The number of rotatable bonds is 2. The molecule has 1 N–H and O–H groups in total. The quantitative estimate of drug-likeness (QED) is 0.851. The molecule has 0 spiro atoms. The molecule has 1 aliphatic carbocycles. The molecular formula is C14H17F3O. The van der Waals surface area contributed by atoms with Crippen LogP contribution >= 0.6 is 0 Å². The van der Waals surface area contributed by atoms with Gasteiger partial charge in [-0.25, -0.2) is 0 Å². The molecule has 1 nitrogen and oxygen atoms in total. The number of halogens is 3. The number of hydrogen-bond acceptors (Lipinski definition) is 1. The standard InChI is InChI=1S/C14H17F3O/c1-3-13(2)11(8-12(13)18)9-4-6-10(7-5-9)14(15,16)17/h4-7,11-12,18H,3,8H2,1-2H3. The summed E-state index contributed by atoms with van der Waals surface area (Å²) in [6, 6.07) is 5.31. The highest BCUT2D eigenvalue weighted by molar-refractivity contribution is 5.31. The molecule has 1 fully saturated rings. The lowest BCUT2D eigenvalue weighted by atomic mass is 9.55. The van der Waals surface area contributed by atoms with Crippen LogP contribution in [-0.2, 0) is 6.18 Å². The second-order valence-electron chi connectivity index (χ2n) is 5.28. The molecule has 1 aromatic carbocycles. The molecule has 3 unspecified atom stereocenters. The van der Waals surface area contributed by atoms with Crippen molar-refractivity contribution >= 4 is 0 Å². The van der Waals surface area contributed by atoms with E-state index >= 15 is 0 Å². The molecule has 1 aromatic rings. The molecule has 2 rings (SSSR count). The molecule has 100 valence electrons. The van der Waals surface area contributed by atoms with Crippen LogP contribution in [0.1, 0.15) is 43.7 Å². The summed E-state index contributed by atoms with van der Waals surface area (Å²) in [6.07, 6.45) is -3.18. The van der Waals surface area contributed by atoms with Gasteiger partial charge in [-0.3, -0.25) is 0 Å². The van der Waals surface area contributed by atoms with Gasteiger partial charge in [0, 0.05) is 5.41 Å². The van der Waals surface area contributed by atoms with Gasteiger partial charge >= 0.3 is 6.18 Å². The van der Waals surface area contributed by atoms with Gasteiger partial charge in [-0.2, -0.15) is 13.2 Å². The molecule has 0 heterocycles. The number of aliphatic hydroxyl groups is 1. The highest BCUT2D eigenvalue weighted by atomic mass is 19.4. The van der Waals surface area contributed by atoms with Crippen LogP contribution < -0.4 is 0 Å². The number of alkyl halides is 3. The highest BCUT2D eigenvalue weighted by Gasteiger charge is 2.50. The molecule has 0 amide bonds. The fraction of sp³-hybridized carbons (Fsp3) is 0.571. The van der Waals surface area contributed by atoms with Gasteiger partial charge in [-0.05, 0) is 36.5 Å². The van der Waals surface area contributed by atoms with Crippen molar-refractivity contribution in [1.29, 1.82) is 0 Å². The third-order valence-electron chi connectivity index (χ3n) is 4.42. The fourth-order valence-corrected chi connectivity index (χ4v) is 2.74. The third kappa shape index (κ3) is 2.03. The van der Waals surface area contributed by atoms with E-state index in [1.54, 1.807) is 0 Å². The van der Waals surface area contributed by atoms with E-state index in [0.29, 0.717) is 6.42 Å². The summed E-state index contributed by atoms with van der Waals surface area (Å²) >= 11 is 0. The van der Waals surface area contributed by atoms with Gasteiger partial charge in [0.25, 0.3) is 0 Å². The molecule has 0 saturated heterocycles. The molecule has 0 aliphatic heterocycles. The summed E-state index contributed by atoms with van der Waals surface area (Å²) in [4.78, 5) is 0. The predicted molar refractivity (Wildman–Crippen MR) is 63.2 cm³/mol. The Bertz CT molecular complexity index is 424. The molecule has 0 bridgehead atoms. The van der Waals surface area contributed by atoms with Crippen LogP contribution in [-0.4, -0.2) is 11.2 Å². The second-order valence-corrected chi connectivity index (χ2v) is 5.28. The van der Waals surface area contributed by atoms with Crippen LogP contribution in [0.3, 0.4) is 0 Å². The minimum Gasteiger partial charge on any atom is -0.393 e. The molecular weight excluding hydrogens is 241 g/mol. The Morgan fingerprint density at radius 2 is 1.83 bits per heavy atom. The zero-order valence-electron chi connectivity index (χ0n) is 10.5. The van der Waals surface area contributed by atoms with Crippen LogP contribution in [0.4, 0.5) is 13.2 Å². The van der Waals surface area contributed by atoms with E-state index in [0.717, 1.165) is 24.1 Å². The Balaban J connectivity index is 2.22. The van der Waals surface area contributed by atoms with Gasteiger partial charge in [0.15, 0.2) is 0 Å². The Morgan fingerprint density at radius 1 is 1.28 bits per heavy atom. The van der Waals surface area contributed by atoms with Gasteiger partial charge in [0.05, 0.1) is 11.7 Å². The lowest BCUT2D eigenvalue weighted by Gasteiger charge is -2.51. The minimum atomic E-state index is -4.29. The zero-order valence-corrected chi connectivity index (χ0v) is 10.5. The number of aliphatic hydroxyl groups excluding tert-OH is 1. The number of hydrogen-bond donors (Lipinski definition) is 1. The van der Waals surface area contributed by atoms with Crippen molar-refractivity contribution in [3.05, 3.63) is 35.4 Å². The normalized spacial score (nSPS) is 32.1. The summed E-state index contributed by atoms with van der Waals surface area (Å²) in [6.45, 7) is 3.99. The first-order valence-electron chi connectivity index (χ1n) is 6.14. The largest absolute Gasteiger partial charge is 0.416 e. The van der Waals surface area contributed by atoms with Crippen molar-refractivity contribution < 1.29 is 18.3 Å². The van der Waals surface area contributed by atoms with E-state index in [4.69, 9.17) is 0 Å². The molecule has 1 saturated carbocycles. The highest BCUT2D eigenvalue weighted by Crippen LogP contribution is 2.54. The lowest BCUT2D eigenvalue weighted by Crippen LogP contribution is -2.49. The van der Waals surface area contributed by atoms with Crippen molar-refractivity contribution in [2.45, 2.75) is 44.9 Å². The van der Waals surface area contributed by atoms with E-state index in [-0.39, 0.29) is 17.4 Å². The first-order chi connectivity index (χ1) is 8.29. The van der Waals surface area contributed by atoms with E-state index < -0.39 is 11.7 Å². The van der Waals surface area contributed by atoms with E-state index in [2.05, 4.69) is 0 Å². The Morgan fingerprint density at radius 3 is 2.22 bits per heavy atom. The van der Waals surface area contributed by atoms with Crippen molar-refractivity contribution in [3.8, 4) is 0 Å². The van der Waals surface area contributed by atoms with Crippen LogP contribution in [0.5, 0.6) is 0 Å². The average molecular weight is 258 g/mol. The topological polar surface area (TPSA) is 20.2 Å². The Labute approximate surface area is 105 Å². The molecule has 4 heteroatoms. The molecule has 0 aromatic heterocycles. The van der Waals surface area contributed by atoms with Crippen molar-refractivity contribution in [2.24, 2.45) is 5.41 Å². The van der Waals surface area contributed by atoms with Crippen molar-refractivity contribution in [3.63, 3.8) is 0 Å². The predicted octanol–water partition coefficient (Wildman–Crippen LogP) is 3.97. The summed E-state index contributed by atoms with van der Waals surface area (Å²) in [5.74, 6) is 0.153. The Kier molecular flexibility index (Phi) is 3.18. The monoisotopic (exact) mass is 258 g/mol. The van der Waals surface area contributed by atoms with Crippen LogP contribution in [0.25, 0.3) is 0 Å². The minimum absolute atomic E-state index is 0.153. The van der Waals surface area contributed by atoms with E-state index in [9.17, 15) is 18.3 Å². The van der Waals surface area contributed by atoms with Crippen LogP contribution in [0.15, 0.2) is 24.3 Å². The van der Waals surface area contributed by atoms with Crippen LogP contribution in [0, 0.1) is 5.41 Å². The van der Waals surface area contributed by atoms with Crippen molar-refractivity contribution in [2.75, 3.05) is 0 Å². The third-order valence-corrected chi connectivity index (χ3v) is 4.42. The second kappa shape index (κ2) is 4.26. The van der Waals surface area contributed by atoms with Crippen LogP contribution in [0.2, 0.25) is 0 Å². The zero-order chi connectivity index (χ0) is 13.6. The molecule has 1 aliphatic rings. The summed E-state index contributed by atoms with van der Waals surface area (Å²) in [5.41, 5.74) is 0.0571.